The molecule has 0 aliphatic rings. The fraction of sp³-hybridized carbons (Fsp3) is 0.0909. The summed E-state index contributed by atoms with van der Waals surface area (Å²) < 4.78 is 32.9. The molecule has 7 nitrogen and oxygen atoms in total. The van der Waals surface area contributed by atoms with Crippen LogP contribution in [0.5, 0.6) is 0 Å². The lowest BCUT2D eigenvalue weighted by molar-refractivity contribution is -0.123. The Kier molecular flexibility index (Phi) is 8.33. The van der Waals surface area contributed by atoms with E-state index in [0.29, 0.717) is 0 Å². The zero-order valence-corrected chi connectivity index (χ0v) is 21.2. The Morgan fingerprint density at radius 1 is 0.912 bits per heavy atom. The van der Waals surface area contributed by atoms with Gasteiger partial charge in [-0.2, -0.15) is 0 Å². The van der Waals surface area contributed by atoms with E-state index >= 15 is 0 Å². The molecule has 0 unspecified atom stereocenters. The average Bonchev–Trinajstić information content (AvgIpc) is 2.78. The van der Waals surface area contributed by atoms with Gasteiger partial charge >= 0.3 is 5.97 Å². The third kappa shape index (κ3) is 6.34. The first kappa shape index (κ1) is 26.1. The number of hydrogen-bond acceptors (Lipinski definition) is 5. The van der Waals surface area contributed by atoms with Crippen molar-refractivity contribution in [1.82, 2.24) is 0 Å². The van der Waals surface area contributed by atoms with Gasteiger partial charge in [0.2, 0.25) is 0 Å². The van der Waals surface area contributed by atoms with Crippen molar-refractivity contribution >= 4 is 79.7 Å². The Hall–Kier alpha value is -2.49. The largest absolute Gasteiger partial charge is 0.449 e. The molecule has 1 atom stereocenters. The number of anilines is 2. The highest BCUT2D eigenvalue weighted by atomic mass is 35.5. The zero-order chi connectivity index (χ0) is 25.0. The van der Waals surface area contributed by atoms with Gasteiger partial charge in [0.25, 0.3) is 15.9 Å². The molecule has 0 saturated carbocycles. The third-order valence-electron chi connectivity index (χ3n) is 4.40. The van der Waals surface area contributed by atoms with Gasteiger partial charge in [0, 0.05) is 10.7 Å². The van der Waals surface area contributed by atoms with E-state index < -0.39 is 28.0 Å². The van der Waals surface area contributed by atoms with Crippen LogP contribution in [0.4, 0.5) is 11.4 Å². The smallest absolute Gasteiger partial charge is 0.338 e. The zero-order valence-electron chi connectivity index (χ0n) is 17.3. The summed E-state index contributed by atoms with van der Waals surface area (Å²) in [6.07, 6.45) is -1.19. The lowest BCUT2D eigenvalue weighted by atomic mass is 10.2. The van der Waals surface area contributed by atoms with E-state index in [1.165, 1.54) is 49.4 Å². The standard InChI is InChI=1S/C22H16Cl4N2O5S/c1-12(21(29)27-18-7-3-6-17(25)20(18)26)33-22(30)13-4-2-5-15(10-13)28-34(31,32)19-11-14(23)8-9-16(19)24/h2-12,28H,1H3,(H,27,29)/t12-/m1/s1. The molecule has 0 aliphatic heterocycles. The minimum atomic E-state index is -4.09. The third-order valence-corrected chi connectivity index (χ3v) is 7.31. The Morgan fingerprint density at radius 2 is 1.62 bits per heavy atom. The van der Waals surface area contributed by atoms with Crippen LogP contribution >= 0.6 is 46.4 Å². The van der Waals surface area contributed by atoms with E-state index in [4.69, 9.17) is 51.1 Å². The van der Waals surface area contributed by atoms with Crippen LogP contribution in [0, 0.1) is 0 Å². The molecule has 3 aromatic rings. The molecule has 0 aliphatic carbocycles. The SMILES string of the molecule is C[C@@H](OC(=O)c1cccc(NS(=O)(=O)c2cc(Cl)ccc2Cl)c1)C(=O)Nc1cccc(Cl)c1Cl. The van der Waals surface area contributed by atoms with Crippen molar-refractivity contribution in [3.8, 4) is 0 Å². The molecule has 34 heavy (non-hydrogen) atoms. The highest BCUT2D eigenvalue weighted by Gasteiger charge is 2.22. The fourth-order valence-corrected chi connectivity index (χ4v) is 4.88. The molecule has 0 saturated heterocycles. The van der Waals surface area contributed by atoms with E-state index in [9.17, 15) is 18.0 Å². The van der Waals surface area contributed by atoms with Gasteiger partial charge in [-0.3, -0.25) is 9.52 Å². The Labute approximate surface area is 216 Å². The first-order valence-electron chi connectivity index (χ1n) is 9.52. The summed E-state index contributed by atoms with van der Waals surface area (Å²) in [6.45, 7) is 1.37. The van der Waals surface area contributed by atoms with Crippen LogP contribution in [0.15, 0.2) is 65.6 Å². The predicted molar refractivity (Wildman–Crippen MR) is 134 cm³/mol. The molecule has 0 radical (unpaired) electrons. The van der Waals surface area contributed by atoms with Crippen LogP contribution < -0.4 is 10.0 Å². The van der Waals surface area contributed by atoms with E-state index in [1.54, 1.807) is 18.2 Å². The molecular weight excluding hydrogens is 546 g/mol. The summed E-state index contributed by atoms with van der Waals surface area (Å²) in [5, 5.41) is 3.10. The van der Waals surface area contributed by atoms with Crippen LogP contribution in [0.25, 0.3) is 0 Å². The van der Waals surface area contributed by atoms with Crippen LogP contribution in [0.2, 0.25) is 20.1 Å². The monoisotopic (exact) mass is 560 g/mol. The van der Waals surface area contributed by atoms with Crippen molar-refractivity contribution in [2.45, 2.75) is 17.9 Å². The minimum absolute atomic E-state index is 0.0119. The summed E-state index contributed by atoms with van der Waals surface area (Å²) in [4.78, 5) is 24.7. The first-order valence-corrected chi connectivity index (χ1v) is 12.5. The molecule has 0 fully saturated rings. The normalized spacial score (nSPS) is 12.0. The van der Waals surface area contributed by atoms with Crippen molar-refractivity contribution in [3.05, 3.63) is 86.3 Å². The topological polar surface area (TPSA) is 102 Å². The predicted octanol–water partition coefficient (Wildman–Crippen LogP) is 6.29. The molecular formula is C22H16Cl4N2O5S. The minimum Gasteiger partial charge on any atom is -0.449 e. The highest BCUT2D eigenvalue weighted by molar-refractivity contribution is 7.92. The quantitative estimate of drug-likeness (QED) is 0.330. The van der Waals surface area contributed by atoms with Crippen molar-refractivity contribution in [2.75, 3.05) is 10.0 Å². The number of sulfonamides is 1. The van der Waals surface area contributed by atoms with Crippen molar-refractivity contribution in [3.63, 3.8) is 0 Å². The molecule has 0 spiro atoms. The van der Waals surface area contributed by atoms with E-state index in [-0.39, 0.29) is 41.9 Å². The number of nitrogens with one attached hydrogen (secondary N) is 2. The van der Waals surface area contributed by atoms with Gasteiger partial charge in [0.05, 0.1) is 26.3 Å². The van der Waals surface area contributed by atoms with E-state index in [2.05, 4.69) is 10.0 Å². The summed E-state index contributed by atoms with van der Waals surface area (Å²) in [5.41, 5.74) is 0.351. The second-order valence-corrected chi connectivity index (χ2v) is 10.2. The molecule has 0 heterocycles. The van der Waals surface area contributed by atoms with Gasteiger partial charge in [-0.25, -0.2) is 13.2 Å². The highest BCUT2D eigenvalue weighted by Crippen LogP contribution is 2.30. The van der Waals surface area contributed by atoms with Gasteiger partial charge in [0.1, 0.15) is 4.90 Å². The number of amides is 1. The number of carbonyl (C=O) groups is 2. The number of hydrogen-bond donors (Lipinski definition) is 2. The molecule has 3 aromatic carbocycles. The maximum absolute atomic E-state index is 12.7. The van der Waals surface area contributed by atoms with Crippen molar-refractivity contribution in [1.29, 1.82) is 0 Å². The molecule has 12 heteroatoms. The molecule has 1 amide bonds. The Balaban J connectivity index is 1.71. The van der Waals surface area contributed by atoms with Gasteiger partial charge < -0.3 is 10.1 Å². The first-order chi connectivity index (χ1) is 16.0. The Bertz CT molecular complexity index is 1370. The van der Waals surface area contributed by atoms with Gasteiger partial charge in [-0.05, 0) is 55.5 Å². The number of rotatable bonds is 7. The maximum atomic E-state index is 12.7. The summed E-state index contributed by atoms with van der Waals surface area (Å²) in [6, 6.07) is 14.3. The fourth-order valence-electron chi connectivity index (χ4n) is 2.72. The van der Waals surface area contributed by atoms with Crippen LogP contribution in [0.1, 0.15) is 17.3 Å². The van der Waals surface area contributed by atoms with Crippen molar-refractivity contribution < 1.29 is 22.7 Å². The average molecular weight is 562 g/mol. The van der Waals surface area contributed by atoms with Crippen LogP contribution in [0.3, 0.4) is 0 Å². The van der Waals surface area contributed by atoms with Crippen molar-refractivity contribution in [2.24, 2.45) is 0 Å². The molecule has 0 aromatic heterocycles. The molecule has 178 valence electrons. The number of benzene rings is 3. The lowest BCUT2D eigenvalue weighted by Crippen LogP contribution is -2.30. The van der Waals surface area contributed by atoms with Gasteiger partial charge in [-0.15, -0.1) is 0 Å². The number of halogens is 4. The second-order valence-electron chi connectivity index (χ2n) is 6.90. The maximum Gasteiger partial charge on any atom is 0.338 e. The van der Waals surface area contributed by atoms with Gasteiger partial charge in [-0.1, -0.05) is 58.5 Å². The lowest BCUT2D eigenvalue weighted by Gasteiger charge is -2.15. The summed E-state index contributed by atoms with van der Waals surface area (Å²) in [7, 11) is -4.09. The number of esters is 1. The van der Waals surface area contributed by atoms with Crippen LogP contribution in [-0.2, 0) is 19.6 Å². The summed E-state index contributed by atoms with van der Waals surface area (Å²) in [5.74, 6) is -1.48. The Morgan fingerprint density at radius 3 is 2.35 bits per heavy atom. The van der Waals surface area contributed by atoms with Crippen LogP contribution in [-0.4, -0.2) is 26.4 Å². The van der Waals surface area contributed by atoms with Gasteiger partial charge in [0.15, 0.2) is 6.10 Å². The van der Waals surface area contributed by atoms with E-state index in [0.717, 1.165) is 0 Å². The number of ether oxygens (including phenoxy) is 1. The molecule has 2 N–H and O–H groups in total. The second kappa shape index (κ2) is 10.8. The van der Waals surface area contributed by atoms with E-state index in [1.807, 2.05) is 0 Å². The molecule has 0 bridgehead atoms. The summed E-state index contributed by atoms with van der Waals surface area (Å²) >= 11 is 23.8. The molecule has 3 rings (SSSR count). The number of carbonyl (C=O) groups excluding carboxylic acids is 2.